The van der Waals surface area contributed by atoms with Crippen molar-refractivity contribution in [3.05, 3.63) is 47.3 Å². The van der Waals surface area contributed by atoms with Crippen molar-refractivity contribution >= 4 is 22.2 Å². The summed E-state index contributed by atoms with van der Waals surface area (Å²) in [4.78, 5) is 8.51. The topological polar surface area (TPSA) is 74.7 Å². The highest BCUT2D eigenvalue weighted by Gasteiger charge is 2.11. The van der Waals surface area contributed by atoms with Gasteiger partial charge in [-0.25, -0.2) is 9.97 Å². The molecule has 2 heterocycles. The van der Waals surface area contributed by atoms with Crippen molar-refractivity contribution in [1.29, 1.82) is 5.26 Å². The summed E-state index contributed by atoms with van der Waals surface area (Å²) in [5.41, 5.74) is 3.10. The van der Waals surface area contributed by atoms with Gasteiger partial charge in [-0.15, -0.1) is 11.3 Å². The van der Waals surface area contributed by atoms with Gasteiger partial charge in [0.05, 0.1) is 17.3 Å². The van der Waals surface area contributed by atoms with E-state index in [1.807, 2.05) is 24.4 Å². The van der Waals surface area contributed by atoms with Crippen molar-refractivity contribution in [1.82, 2.24) is 9.97 Å². The zero-order valence-corrected chi connectivity index (χ0v) is 11.4. The minimum atomic E-state index is 0.632. The van der Waals surface area contributed by atoms with Crippen LogP contribution in [0.15, 0.2) is 40.5 Å². The van der Waals surface area contributed by atoms with Crippen molar-refractivity contribution in [3.8, 4) is 17.5 Å². The molecule has 0 aliphatic carbocycles. The second-order valence-electron chi connectivity index (χ2n) is 4.12. The number of rotatable bonds is 3. The van der Waals surface area contributed by atoms with Crippen LogP contribution in [0.2, 0.25) is 0 Å². The molecule has 0 atom stereocenters. The second kappa shape index (κ2) is 5.15. The van der Waals surface area contributed by atoms with Crippen LogP contribution in [0.4, 0.5) is 10.8 Å². The van der Waals surface area contributed by atoms with Crippen molar-refractivity contribution in [2.75, 3.05) is 5.32 Å². The molecule has 0 unspecified atom stereocenters. The molecule has 3 rings (SSSR count). The van der Waals surface area contributed by atoms with Crippen LogP contribution < -0.4 is 5.32 Å². The second-order valence-corrected chi connectivity index (χ2v) is 4.98. The van der Waals surface area contributed by atoms with Crippen LogP contribution in [0, 0.1) is 18.3 Å². The van der Waals surface area contributed by atoms with E-state index in [0.29, 0.717) is 11.3 Å². The fourth-order valence-electron chi connectivity index (χ4n) is 1.73. The summed E-state index contributed by atoms with van der Waals surface area (Å²) in [6.07, 6.45) is 1.41. The SMILES string of the molecule is Cc1ncoc1-c1csc(Nc2ccc(C#N)cc2)n1. The van der Waals surface area contributed by atoms with Crippen LogP contribution in [-0.2, 0) is 0 Å². The van der Waals surface area contributed by atoms with E-state index in [-0.39, 0.29) is 0 Å². The van der Waals surface area contributed by atoms with Gasteiger partial charge in [0.2, 0.25) is 0 Å². The normalized spacial score (nSPS) is 10.2. The first-order chi connectivity index (χ1) is 9.76. The number of hydrogen-bond donors (Lipinski definition) is 1. The molecule has 6 heteroatoms. The molecule has 0 fully saturated rings. The van der Waals surface area contributed by atoms with Crippen LogP contribution in [-0.4, -0.2) is 9.97 Å². The number of nitrogens with zero attached hydrogens (tertiary/aromatic N) is 3. The number of aryl methyl sites for hydroxylation is 1. The first kappa shape index (κ1) is 12.4. The van der Waals surface area contributed by atoms with E-state index in [1.165, 1.54) is 17.7 Å². The number of oxazole rings is 1. The zero-order chi connectivity index (χ0) is 13.9. The van der Waals surface area contributed by atoms with E-state index in [2.05, 4.69) is 21.4 Å². The van der Waals surface area contributed by atoms with E-state index in [4.69, 9.17) is 9.68 Å². The van der Waals surface area contributed by atoms with Gasteiger partial charge in [-0.2, -0.15) is 5.26 Å². The van der Waals surface area contributed by atoms with Gasteiger partial charge in [-0.05, 0) is 31.2 Å². The van der Waals surface area contributed by atoms with Crippen molar-refractivity contribution in [2.24, 2.45) is 0 Å². The third-order valence-electron chi connectivity index (χ3n) is 2.75. The van der Waals surface area contributed by atoms with Crippen LogP contribution in [0.5, 0.6) is 0 Å². The summed E-state index contributed by atoms with van der Waals surface area (Å²) in [6.45, 7) is 1.88. The highest BCUT2D eigenvalue weighted by atomic mass is 32.1. The lowest BCUT2D eigenvalue weighted by molar-refractivity contribution is 0.569. The molecule has 2 aromatic heterocycles. The van der Waals surface area contributed by atoms with Gasteiger partial charge >= 0.3 is 0 Å². The molecular formula is C14H10N4OS. The third-order valence-corrected chi connectivity index (χ3v) is 3.51. The van der Waals surface area contributed by atoms with E-state index in [9.17, 15) is 0 Å². The van der Waals surface area contributed by atoms with Crippen LogP contribution in [0.1, 0.15) is 11.3 Å². The summed E-state index contributed by atoms with van der Waals surface area (Å²) in [6, 6.07) is 9.30. The van der Waals surface area contributed by atoms with Gasteiger partial charge < -0.3 is 9.73 Å². The standard InChI is InChI=1S/C14H10N4OS/c1-9-13(19-8-16-9)12-7-20-14(18-12)17-11-4-2-10(6-15)3-5-11/h2-5,7-8H,1H3,(H,17,18). The van der Waals surface area contributed by atoms with Crippen molar-refractivity contribution in [2.45, 2.75) is 6.92 Å². The van der Waals surface area contributed by atoms with Gasteiger partial charge in [0.15, 0.2) is 17.3 Å². The number of nitrogens with one attached hydrogen (secondary N) is 1. The van der Waals surface area contributed by atoms with Gasteiger partial charge in [-0.1, -0.05) is 0 Å². The molecule has 3 aromatic rings. The molecule has 0 amide bonds. The lowest BCUT2D eigenvalue weighted by Crippen LogP contribution is -1.89. The van der Waals surface area contributed by atoms with Crippen LogP contribution >= 0.6 is 11.3 Å². The largest absolute Gasteiger partial charge is 0.442 e. The van der Waals surface area contributed by atoms with Gasteiger partial charge in [0, 0.05) is 11.1 Å². The Morgan fingerprint density at radius 1 is 1.30 bits per heavy atom. The lowest BCUT2D eigenvalue weighted by Gasteiger charge is -2.01. The highest BCUT2D eigenvalue weighted by molar-refractivity contribution is 7.14. The molecule has 1 N–H and O–H groups in total. The minimum Gasteiger partial charge on any atom is -0.442 e. The van der Waals surface area contributed by atoms with E-state index in [1.54, 1.807) is 12.1 Å². The fraction of sp³-hybridized carbons (Fsp3) is 0.0714. The maximum atomic E-state index is 8.76. The van der Waals surface area contributed by atoms with E-state index in [0.717, 1.165) is 22.2 Å². The number of anilines is 2. The number of aromatic nitrogens is 2. The Balaban J connectivity index is 1.80. The average Bonchev–Trinajstić information content (AvgIpc) is 3.08. The molecule has 0 saturated heterocycles. The Bertz CT molecular complexity index is 767. The fourth-order valence-corrected chi connectivity index (χ4v) is 2.45. The quantitative estimate of drug-likeness (QED) is 0.792. The number of nitriles is 1. The van der Waals surface area contributed by atoms with Crippen molar-refractivity contribution < 1.29 is 4.42 Å². The Hall–Kier alpha value is -2.65. The van der Waals surface area contributed by atoms with Crippen molar-refractivity contribution in [3.63, 3.8) is 0 Å². The molecule has 98 valence electrons. The van der Waals surface area contributed by atoms with E-state index < -0.39 is 0 Å². The number of hydrogen-bond acceptors (Lipinski definition) is 6. The predicted molar refractivity (Wildman–Crippen MR) is 76.8 cm³/mol. The molecule has 20 heavy (non-hydrogen) atoms. The maximum Gasteiger partial charge on any atom is 0.187 e. The molecule has 0 aliphatic heterocycles. The van der Waals surface area contributed by atoms with Gasteiger partial charge in [-0.3, -0.25) is 0 Å². The Labute approximate surface area is 119 Å². The highest BCUT2D eigenvalue weighted by Crippen LogP contribution is 2.28. The molecule has 0 saturated carbocycles. The smallest absolute Gasteiger partial charge is 0.187 e. The first-order valence-corrected chi connectivity index (χ1v) is 6.77. The minimum absolute atomic E-state index is 0.632. The summed E-state index contributed by atoms with van der Waals surface area (Å²) in [5.74, 6) is 0.689. The Morgan fingerprint density at radius 3 is 2.75 bits per heavy atom. The molecule has 5 nitrogen and oxygen atoms in total. The zero-order valence-electron chi connectivity index (χ0n) is 10.6. The predicted octanol–water partition coefficient (Wildman–Crippen LogP) is 3.72. The van der Waals surface area contributed by atoms with Gasteiger partial charge in [0.1, 0.15) is 5.69 Å². The maximum absolute atomic E-state index is 8.76. The summed E-state index contributed by atoms with van der Waals surface area (Å²) >= 11 is 1.49. The van der Waals surface area contributed by atoms with Gasteiger partial charge in [0.25, 0.3) is 0 Å². The summed E-state index contributed by atoms with van der Waals surface area (Å²) in [7, 11) is 0. The first-order valence-electron chi connectivity index (χ1n) is 5.89. The monoisotopic (exact) mass is 282 g/mol. The van der Waals surface area contributed by atoms with Crippen LogP contribution in [0.3, 0.4) is 0 Å². The molecule has 0 radical (unpaired) electrons. The Kier molecular flexibility index (Phi) is 3.19. The summed E-state index contributed by atoms with van der Waals surface area (Å²) < 4.78 is 5.31. The third kappa shape index (κ3) is 2.39. The number of thiazole rings is 1. The molecule has 0 aliphatic rings. The van der Waals surface area contributed by atoms with Crippen LogP contribution in [0.25, 0.3) is 11.5 Å². The lowest BCUT2D eigenvalue weighted by atomic mass is 10.2. The molecular weight excluding hydrogens is 272 g/mol. The molecule has 0 bridgehead atoms. The molecule has 1 aromatic carbocycles. The average molecular weight is 282 g/mol. The number of benzene rings is 1. The van der Waals surface area contributed by atoms with E-state index >= 15 is 0 Å². The molecule has 0 spiro atoms. The summed E-state index contributed by atoms with van der Waals surface area (Å²) in [5, 5.41) is 14.6. The Morgan fingerprint density at radius 2 is 2.10 bits per heavy atom.